The third-order valence-electron chi connectivity index (χ3n) is 3.37. The summed E-state index contributed by atoms with van der Waals surface area (Å²) in [5, 5.41) is 4.49. The third kappa shape index (κ3) is 2.71. The fraction of sp³-hybridized carbons (Fsp3) is 0.0625. The van der Waals surface area contributed by atoms with Crippen molar-refractivity contribution < 1.29 is 9.53 Å². The molecule has 0 spiro atoms. The predicted molar refractivity (Wildman–Crippen MR) is 98.8 cm³/mol. The first-order valence-corrected chi connectivity index (χ1v) is 8.96. The Labute approximate surface area is 149 Å². The van der Waals surface area contributed by atoms with Crippen molar-refractivity contribution in [1.82, 2.24) is 9.97 Å². The molecule has 4 aromatic rings. The molecule has 0 radical (unpaired) electrons. The minimum Gasteiger partial charge on any atom is -0.473 e. The summed E-state index contributed by atoms with van der Waals surface area (Å²) in [4.78, 5) is 21.2. The highest BCUT2D eigenvalue weighted by Crippen LogP contribution is 2.38. The molecule has 4 rings (SSSR count). The maximum absolute atomic E-state index is 12.3. The standard InChI is InChI=1S/C16H10ClN3O2S2/c1-22-16-19-11-6-5-10-12(13(11)24-16)23-15(18-10)20-14(21)8-3-2-4-9(17)7-8/h2-7H,1H3,(H,18,20,21). The molecule has 0 bridgehead atoms. The van der Waals surface area contributed by atoms with E-state index in [9.17, 15) is 4.79 Å². The molecule has 0 aliphatic carbocycles. The van der Waals surface area contributed by atoms with Gasteiger partial charge < -0.3 is 4.74 Å². The summed E-state index contributed by atoms with van der Waals surface area (Å²) in [5.41, 5.74) is 2.17. The summed E-state index contributed by atoms with van der Waals surface area (Å²) in [5.74, 6) is -0.241. The van der Waals surface area contributed by atoms with E-state index in [0.29, 0.717) is 20.9 Å². The smallest absolute Gasteiger partial charge is 0.274 e. The molecule has 2 aromatic heterocycles. The van der Waals surface area contributed by atoms with Crippen LogP contribution < -0.4 is 10.1 Å². The number of thiazole rings is 2. The molecule has 0 aliphatic heterocycles. The number of aromatic nitrogens is 2. The molecular weight excluding hydrogens is 366 g/mol. The Kier molecular flexibility index (Phi) is 3.84. The monoisotopic (exact) mass is 375 g/mol. The fourth-order valence-corrected chi connectivity index (χ4v) is 4.45. The Morgan fingerprint density at radius 2 is 1.88 bits per heavy atom. The Morgan fingerprint density at radius 1 is 1.12 bits per heavy atom. The summed E-state index contributed by atoms with van der Waals surface area (Å²) >= 11 is 8.81. The fourth-order valence-electron chi connectivity index (χ4n) is 2.29. The molecule has 8 heteroatoms. The lowest BCUT2D eigenvalue weighted by atomic mass is 10.2. The molecule has 0 saturated heterocycles. The first-order valence-electron chi connectivity index (χ1n) is 6.95. The van der Waals surface area contributed by atoms with Crippen LogP contribution in [0.5, 0.6) is 5.19 Å². The number of hydrogen-bond acceptors (Lipinski definition) is 6. The average Bonchev–Trinajstić information content (AvgIpc) is 3.17. The number of halogens is 1. The molecule has 5 nitrogen and oxygen atoms in total. The van der Waals surface area contributed by atoms with E-state index in [2.05, 4.69) is 15.3 Å². The topological polar surface area (TPSA) is 64.1 Å². The number of hydrogen-bond donors (Lipinski definition) is 1. The quantitative estimate of drug-likeness (QED) is 0.557. The molecule has 0 unspecified atom stereocenters. The van der Waals surface area contributed by atoms with Crippen LogP contribution in [0.3, 0.4) is 0 Å². The third-order valence-corrected chi connectivity index (χ3v) is 5.79. The van der Waals surface area contributed by atoms with E-state index < -0.39 is 0 Å². The predicted octanol–water partition coefficient (Wildman–Crippen LogP) is 4.82. The van der Waals surface area contributed by atoms with Gasteiger partial charge in [0.25, 0.3) is 11.1 Å². The van der Waals surface area contributed by atoms with E-state index in [4.69, 9.17) is 16.3 Å². The summed E-state index contributed by atoms with van der Waals surface area (Å²) in [6.45, 7) is 0. The van der Waals surface area contributed by atoms with E-state index in [0.717, 1.165) is 20.4 Å². The van der Waals surface area contributed by atoms with Crippen molar-refractivity contribution in [3.05, 3.63) is 47.0 Å². The van der Waals surface area contributed by atoms with Gasteiger partial charge in [-0.25, -0.2) is 9.97 Å². The maximum atomic E-state index is 12.3. The zero-order valence-electron chi connectivity index (χ0n) is 12.4. The van der Waals surface area contributed by atoms with Gasteiger partial charge in [-0.15, -0.1) is 0 Å². The van der Waals surface area contributed by atoms with Crippen molar-refractivity contribution in [2.45, 2.75) is 0 Å². The minimum absolute atomic E-state index is 0.241. The highest BCUT2D eigenvalue weighted by Gasteiger charge is 2.14. The van der Waals surface area contributed by atoms with Crippen LogP contribution in [-0.2, 0) is 0 Å². The van der Waals surface area contributed by atoms with Crippen LogP contribution in [-0.4, -0.2) is 23.0 Å². The summed E-state index contributed by atoms with van der Waals surface area (Å²) in [6.07, 6.45) is 0. The van der Waals surface area contributed by atoms with Crippen LogP contribution in [0, 0.1) is 0 Å². The van der Waals surface area contributed by atoms with Crippen molar-refractivity contribution in [1.29, 1.82) is 0 Å². The molecule has 24 heavy (non-hydrogen) atoms. The van der Waals surface area contributed by atoms with Crippen molar-refractivity contribution in [2.24, 2.45) is 0 Å². The van der Waals surface area contributed by atoms with E-state index in [1.807, 2.05) is 12.1 Å². The number of fused-ring (bicyclic) bond motifs is 3. The Hall–Kier alpha value is -2.22. The van der Waals surface area contributed by atoms with E-state index in [-0.39, 0.29) is 5.91 Å². The van der Waals surface area contributed by atoms with Gasteiger partial charge in [-0.2, -0.15) is 0 Å². The Morgan fingerprint density at radius 3 is 2.62 bits per heavy atom. The molecular formula is C16H10ClN3O2S2. The summed E-state index contributed by atoms with van der Waals surface area (Å²) in [7, 11) is 1.60. The molecule has 1 N–H and O–H groups in total. The highest BCUT2D eigenvalue weighted by atomic mass is 35.5. The number of nitrogens with zero attached hydrogens (tertiary/aromatic N) is 2. The van der Waals surface area contributed by atoms with Gasteiger partial charge in [0.05, 0.1) is 27.5 Å². The van der Waals surface area contributed by atoms with Gasteiger partial charge in [-0.05, 0) is 30.3 Å². The van der Waals surface area contributed by atoms with E-state index in [1.54, 1.807) is 31.4 Å². The first-order chi connectivity index (χ1) is 11.6. The number of ether oxygens (including phenoxy) is 1. The second-order valence-electron chi connectivity index (χ2n) is 4.93. The van der Waals surface area contributed by atoms with Crippen LogP contribution in [0.25, 0.3) is 20.4 Å². The lowest BCUT2D eigenvalue weighted by molar-refractivity contribution is 0.102. The lowest BCUT2D eigenvalue weighted by Gasteiger charge is -2.01. The minimum atomic E-state index is -0.241. The lowest BCUT2D eigenvalue weighted by Crippen LogP contribution is -2.11. The summed E-state index contributed by atoms with van der Waals surface area (Å²) < 4.78 is 7.18. The maximum Gasteiger partial charge on any atom is 0.274 e. The van der Waals surface area contributed by atoms with Crippen molar-refractivity contribution in [3.8, 4) is 5.19 Å². The van der Waals surface area contributed by atoms with Crippen molar-refractivity contribution in [3.63, 3.8) is 0 Å². The number of benzene rings is 2. The second kappa shape index (κ2) is 6.01. The first kappa shape index (κ1) is 15.3. The van der Waals surface area contributed by atoms with Crippen molar-refractivity contribution in [2.75, 3.05) is 12.4 Å². The molecule has 0 fully saturated rings. The van der Waals surface area contributed by atoms with E-state index >= 15 is 0 Å². The highest BCUT2D eigenvalue weighted by molar-refractivity contribution is 7.29. The van der Waals surface area contributed by atoms with Gasteiger partial charge in [0, 0.05) is 10.6 Å². The molecule has 0 aliphatic rings. The van der Waals surface area contributed by atoms with Gasteiger partial charge in [0.1, 0.15) is 0 Å². The number of amides is 1. The number of methoxy groups -OCH3 is 1. The SMILES string of the molecule is COc1nc2ccc3nc(NC(=O)c4cccc(Cl)c4)sc3c2s1. The van der Waals surface area contributed by atoms with Crippen molar-refractivity contribution >= 4 is 65.7 Å². The van der Waals surface area contributed by atoms with Gasteiger partial charge in [0.2, 0.25) is 0 Å². The summed E-state index contributed by atoms with van der Waals surface area (Å²) in [6, 6.07) is 10.6. The van der Waals surface area contributed by atoms with Gasteiger partial charge in [-0.1, -0.05) is 40.3 Å². The van der Waals surface area contributed by atoms with Gasteiger partial charge in [-0.3, -0.25) is 10.1 Å². The largest absolute Gasteiger partial charge is 0.473 e. The number of anilines is 1. The zero-order valence-corrected chi connectivity index (χ0v) is 14.8. The average molecular weight is 376 g/mol. The van der Waals surface area contributed by atoms with Crippen LogP contribution in [0.4, 0.5) is 5.13 Å². The molecule has 2 aromatic carbocycles. The molecule has 1 amide bonds. The van der Waals surface area contributed by atoms with Gasteiger partial charge >= 0.3 is 0 Å². The molecule has 0 saturated carbocycles. The van der Waals surface area contributed by atoms with Crippen LogP contribution >= 0.6 is 34.3 Å². The number of nitrogens with one attached hydrogen (secondary N) is 1. The van der Waals surface area contributed by atoms with E-state index in [1.165, 1.54) is 22.7 Å². The number of carbonyl (C=O) groups excluding carboxylic acids is 1. The van der Waals surface area contributed by atoms with Crippen LogP contribution in [0.15, 0.2) is 36.4 Å². The molecule has 2 heterocycles. The second-order valence-corrected chi connectivity index (χ2v) is 7.33. The van der Waals surface area contributed by atoms with Crippen LogP contribution in [0.2, 0.25) is 5.02 Å². The zero-order chi connectivity index (χ0) is 16.7. The van der Waals surface area contributed by atoms with Crippen LogP contribution in [0.1, 0.15) is 10.4 Å². The Bertz CT molecular complexity index is 1070. The molecule has 120 valence electrons. The van der Waals surface area contributed by atoms with Gasteiger partial charge in [0.15, 0.2) is 5.13 Å². The number of rotatable bonds is 3. The normalized spacial score (nSPS) is 11.1. The Balaban J connectivity index is 1.71. The number of carbonyl (C=O) groups is 1. The molecule has 0 atom stereocenters.